The van der Waals surface area contributed by atoms with Crippen LogP contribution in [0.15, 0.2) is 0 Å². The van der Waals surface area contributed by atoms with E-state index in [1.165, 1.54) is 45.2 Å². The molecule has 10 atom stereocenters. The zero-order valence-electron chi connectivity index (χ0n) is 24.3. The molecule has 2 saturated carbocycles. The van der Waals surface area contributed by atoms with Crippen molar-refractivity contribution in [2.75, 3.05) is 13.1 Å². The highest BCUT2D eigenvalue weighted by Crippen LogP contribution is 2.83. The molecule has 0 N–H and O–H groups in total. The van der Waals surface area contributed by atoms with Crippen LogP contribution < -0.4 is 0 Å². The van der Waals surface area contributed by atoms with E-state index in [1.807, 2.05) is 0 Å². The molecule has 2 aliphatic carbocycles. The van der Waals surface area contributed by atoms with Gasteiger partial charge in [0.05, 0.1) is 0 Å². The molecule has 4 bridgehead atoms. The van der Waals surface area contributed by atoms with Crippen LogP contribution >= 0.6 is 0 Å². The van der Waals surface area contributed by atoms with Crippen molar-refractivity contribution < 1.29 is 0 Å². The first-order chi connectivity index (χ1) is 15.0. The summed E-state index contributed by atoms with van der Waals surface area (Å²) in [6.45, 7) is 33.3. The first-order valence-electron chi connectivity index (χ1n) is 14.5. The third-order valence-corrected chi connectivity index (χ3v) is 12.5. The Bertz CT molecular complexity index is 743. The minimum Gasteiger partial charge on any atom is -0.297 e. The van der Waals surface area contributed by atoms with E-state index in [9.17, 15) is 0 Å². The van der Waals surface area contributed by atoms with E-state index in [2.05, 4.69) is 92.9 Å². The molecule has 5 aliphatic rings. The summed E-state index contributed by atoms with van der Waals surface area (Å²) < 4.78 is 0. The van der Waals surface area contributed by atoms with E-state index in [-0.39, 0.29) is 0 Å². The van der Waals surface area contributed by atoms with E-state index in [0.29, 0.717) is 44.6 Å². The molecule has 33 heavy (non-hydrogen) atoms. The Morgan fingerprint density at radius 2 is 1.00 bits per heavy atom. The van der Waals surface area contributed by atoms with Gasteiger partial charge in [0.15, 0.2) is 0 Å². The molecule has 10 unspecified atom stereocenters. The summed E-state index contributed by atoms with van der Waals surface area (Å²) >= 11 is 0. The van der Waals surface area contributed by atoms with Gasteiger partial charge in [-0.1, -0.05) is 83.1 Å². The number of rotatable bonds is 4. The highest BCUT2D eigenvalue weighted by molar-refractivity contribution is 5.35. The van der Waals surface area contributed by atoms with Gasteiger partial charge in [-0.3, -0.25) is 9.80 Å². The van der Waals surface area contributed by atoms with Gasteiger partial charge in [0.25, 0.3) is 0 Å². The summed E-state index contributed by atoms with van der Waals surface area (Å²) in [5, 5.41) is 0. The molecule has 0 aromatic heterocycles. The minimum atomic E-state index is 0.371. The highest BCUT2D eigenvalue weighted by atomic mass is 15.3. The van der Waals surface area contributed by atoms with Crippen molar-refractivity contribution >= 4 is 0 Å². The standard InChI is InChI=1S/C31H56N2/c1-13-32-20(17-26(3,4)5)28(9)19-29(10,21(32)18-27(6,7)8)23-22(28)24-30(11)15-16-31(30,12)25(23)33(24)14-2/h20-25H,13-19H2,1-12H3. The van der Waals surface area contributed by atoms with Gasteiger partial charge in [-0.25, -0.2) is 0 Å². The van der Waals surface area contributed by atoms with Crippen molar-refractivity contribution in [2.24, 2.45) is 44.3 Å². The lowest BCUT2D eigenvalue weighted by Gasteiger charge is -2.62. The summed E-state index contributed by atoms with van der Waals surface area (Å²) in [5.74, 6) is 1.74. The second-order valence-electron chi connectivity index (χ2n) is 16.7. The fourth-order valence-electron chi connectivity index (χ4n) is 11.3. The first kappa shape index (κ1) is 24.6. The smallest absolute Gasteiger partial charge is 0.0195 e. The van der Waals surface area contributed by atoms with Crippen molar-refractivity contribution in [3.8, 4) is 0 Å². The largest absolute Gasteiger partial charge is 0.297 e. The van der Waals surface area contributed by atoms with E-state index in [1.54, 1.807) is 0 Å². The summed E-state index contributed by atoms with van der Waals surface area (Å²) in [7, 11) is 0. The molecule has 5 fully saturated rings. The van der Waals surface area contributed by atoms with E-state index in [0.717, 1.165) is 23.9 Å². The normalized spacial score (nSPS) is 53.8. The fraction of sp³-hybridized carbons (Fsp3) is 1.00. The second kappa shape index (κ2) is 6.81. The average Bonchev–Trinajstić information content (AvgIpc) is 3.17. The zero-order valence-corrected chi connectivity index (χ0v) is 24.3. The third kappa shape index (κ3) is 2.86. The van der Waals surface area contributed by atoms with Crippen molar-refractivity contribution in [3.05, 3.63) is 0 Å². The predicted octanol–water partition coefficient (Wildman–Crippen LogP) is 7.47. The molecule has 2 nitrogen and oxygen atoms in total. The van der Waals surface area contributed by atoms with Gasteiger partial charge in [-0.2, -0.15) is 0 Å². The van der Waals surface area contributed by atoms with E-state index in [4.69, 9.17) is 0 Å². The molecule has 0 spiro atoms. The van der Waals surface area contributed by atoms with Crippen molar-refractivity contribution in [3.63, 3.8) is 0 Å². The molecule has 0 aromatic carbocycles. The Morgan fingerprint density at radius 1 is 0.636 bits per heavy atom. The summed E-state index contributed by atoms with van der Waals surface area (Å²) in [4.78, 5) is 6.14. The Balaban J connectivity index is 1.70. The molecule has 3 heterocycles. The molecule has 190 valence electrons. The molecule has 3 aliphatic heterocycles. The van der Waals surface area contributed by atoms with Gasteiger partial charge in [-0.05, 0) is 89.5 Å². The minimum absolute atomic E-state index is 0.371. The van der Waals surface area contributed by atoms with Crippen molar-refractivity contribution in [1.29, 1.82) is 0 Å². The first-order valence-corrected chi connectivity index (χ1v) is 14.5. The average molecular weight is 457 g/mol. The van der Waals surface area contributed by atoms with E-state index >= 15 is 0 Å². The molecule has 0 radical (unpaired) electrons. The van der Waals surface area contributed by atoms with Crippen LogP contribution in [-0.2, 0) is 0 Å². The van der Waals surface area contributed by atoms with Crippen LogP contribution in [0.5, 0.6) is 0 Å². The van der Waals surface area contributed by atoms with Crippen LogP contribution in [0.4, 0.5) is 0 Å². The number of hydrogen-bond acceptors (Lipinski definition) is 2. The molecule has 3 saturated heterocycles. The maximum Gasteiger partial charge on any atom is 0.0195 e. The number of likely N-dealkylation sites (tertiary alicyclic amines) is 1. The van der Waals surface area contributed by atoms with Gasteiger partial charge in [0.1, 0.15) is 0 Å². The van der Waals surface area contributed by atoms with Crippen LogP contribution in [0, 0.1) is 44.3 Å². The number of nitrogens with zero attached hydrogens (tertiary/aromatic N) is 2. The Hall–Kier alpha value is -0.0800. The quantitative estimate of drug-likeness (QED) is 0.433. The zero-order chi connectivity index (χ0) is 24.6. The molecule has 0 amide bonds. The highest BCUT2D eigenvalue weighted by Gasteiger charge is 2.84. The Kier molecular flexibility index (Phi) is 5.08. The molecule has 2 heteroatoms. The summed E-state index contributed by atoms with van der Waals surface area (Å²) in [6, 6.07) is 3.03. The Labute approximate surface area is 206 Å². The topological polar surface area (TPSA) is 6.48 Å². The molecular formula is C31H56N2. The lowest BCUT2D eigenvalue weighted by atomic mass is 9.40. The van der Waals surface area contributed by atoms with Crippen LogP contribution in [0.1, 0.15) is 115 Å². The lowest BCUT2D eigenvalue weighted by Crippen LogP contribution is -2.63. The van der Waals surface area contributed by atoms with Gasteiger partial charge in [0, 0.05) is 24.2 Å². The predicted molar refractivity (Wildman–Crippen MR) is 141 cm³/mol. The Morgan fingerprint density at radius 3 is 1.27 bits per heavy atom. The van der Waals surface area contributed by atoms with Gasteiger partial charge >= 0.3 is 0 Å². The third-order valence-electron chi connectivity index (χ3n) is 12.5. The molecule has 5 rings (SSSR count). The maximum atomic E-state index is 3.07. The van der Waals surface area contributed by atoms with Gasteiger partial charge in [0.2, 0.25) is 0 Å². The summed E-state index contributed by atoms with van der Waals surface area (Å²) in [6.07, 6.45) is 7.07. The maximum absolute atomic E-state index is 3.07. The van der Waals surface area contributed by atoms with Gasteiger partial charge in [-0.15, -0.1) is 0 Å². The number of fused-ring (bicyclic) bond motifs is 12. The lowest BCUT2D eigenvalue weighted by molar-refractivity contribution is -0.114. The second-order valence-corrected chi connectivity index (χ2v) is 16.7. The van der Waals surface area contributed by atoms with Crippen LogP contribution in [-0.4, -0.2) is 47.1 Å². The fourth-order valence-corrected chi connectivity index (χ4v) is 11.3. The molecule has 0 aromatic rings. The monoisotopic (exact) mass is 456 g/mol. The van der Waals surface area contributed by atoms with Crippen LogP contribution in [0.25, 0.3) is 0 Å². The van der Waals surface area contributed by atoms with Crippen LogP contribution in [0.2, 0.25) is 0 Å². The van der Waals surface area contributed by atoms with Crippen molar-refractivity contribution in [1.82, 2.24) is 9.80 Å². The number of piperidine rings is 1. The SMILES string of the molecule is CCN1C(CC(C)(C)C)C2(C)CC(C)(C3C2C2N(CC)C3C3(C)CCC23C)C1CC(C)(C)C. The van der Waals surface area contributed by atoms with Crippen LogP contribution in [0.3, 0.4) is 0 Å². The number of hydrogen-bond donors (Lipinski definition) is 0. The summed E-state index contributed by atoms with van der Waals surface area (Å²) in [5.41, 5.74) is 2.68. The van der Waals surface area contributed by atoms with E-state index < -0.39 is 0 Å². The molecular weight excluding hydrogens is 400 g/mol. The van der Waals surface area contributed by atoms with Gasteiger partial charge < -0.3 is 0 Å². The van der Waals surface area contributed by atoms with Crippen molar-refractivity contribution in [2.45, 2.75) is 139 Å².